The third-order valence-corrected chi connectivity index (χ3v) is 5.22. The van der Waals surface area contributed by atoms with Crippen molar-refractivity contribution in [3.05, 3.63) is 59.9 Å². The highest BCUT2D eigenvalue weighted by atomic mass is 16.6. The van der Waals surface area contributed by atoms with Gasteiger partial charge in [-0.05, 0) is 62.6 Å². The summed E-state index contributed by atoms with van der Waals surface area (Å²) in [5.41, 5.74) is 2.52. The minimum Gasteiger partial charge on any atom is -0.465 e. The van der Waals surface area contributed by atoms with Crippen molar-refractivity contribution in [1.82, 2.24) is 14.9 Å². The molecule has 3 heterocycles. The lowest BCUT2D eigenvalue weighted by molar-refractivity contribution is 0.0270. The maximum Gasteiger partial charge on any atom is 0.410 e. The van der Waals surface area contributed by atoms with Gasteiger partial charge in [0.25, 0.3) is 0 Å². The Kier molecular flexibility index (Phi) is 6.09. The number of H-pyrrole nitrogens is 1. The van der Waals surface area contributed by atoms with Crippen LogP contribution >= 0.6 is 0 Å². The van der Waals surface area contributed by atoms with Gasteiger partial charge in [-0.15, -0.1) is 0 Å². The van der Waals surface area contributed by atoms with Crippen LogP contribution in [0.2, 0.25) is 0 Å². The van der Waals surface area contributed by atoms with Gasteiger partial charge in [-0.1, -0.05) is 12.1 Å². The summed E-state index contributed by atoms with van der Waals surface area (Å²) >= 11 is 0. The zero-order chi connectivity index (χ0) is 23.6. The SMILES string of the molecule is COC(=O)c1ccc(C2=CCN(C(=O)OC(C)(C)C)CC2)cc1Oc1cnc2[nH]ccc2c1. The van der Waals surface area contributed by atoms with E-state index in [1.165, 1.54) is 7.11 Å². The van der Waals surface area contributed by atoms with E-state index in [-0.39, 0.29) is 6.09 Å². The molecule has 1 aliphatic heterocycles. The van der Waals surface area contributed by atoms with E-state index < -0.39 is 11.6 Å². The van der Waals surface area contributed by atoms with E-state index in [2.05, 4.69) is 9.97 Å². The van der Waals surface area contributed by atoms with Crippen molar-refractivity contribution >= 4 is 28.7 Å². The van der Waals surface area contributed by atoms with E-state index in [4.69, 9.17) is 14.2 Å². The molecule has 3 aromatic rings. The third kappa shape index (κ3) is 5.16. The van der Waals surface area contributed by atoms with Crippen LogP contribution in [0.15, 0.2) is 48.8 Å². The molecular weight excluding hydrogens is 422 g/mol. The topological polar surface area (TPSA) is 93.8 Å². The molecule has 8 heteroatoms. The molecule has 33 heavy (non-hydrogen) atoms. The van der Waals surface area contributed by atoms with Crippen LogP contribution in [0.4, 0.5) is 4.79 Å². The van der Waals surface area contributed by atoms with Crippen LogP contribution in [0.5, 0.6) is 11.5 Å². The fourth-order valence-corrected chi connectivity index (χ4v) is 3.61. The monoisotopic (exact) mass is 449 g/mol. The number of esters is 1. The quantitative estimate of drug-likeness (QED) is 0.553. The van der Waals surface area contributed by atoms with Crippen LogP contribution in [0.25, 0.3) is 16.6 Å². The Morgan fingerprint density at radius 2 is 1.97 bits per heavy atom. The van der Waals surface area contributed by atoms with E-state index in [0.29, 0.717) is 36.6 Å². The molecule has 2 aromatic heterocycles. The second kappa shape index (κ2) is 8.97. The van der Waals surface area contributed by atoms with Crippen molar-refractivity contribution < 1.29 is 23.8 Å². The molecular formula is C25H27N3O5. The lowest BCUT2D eigenvalue weighted by Crippen LogP contribution is -2.39. The fourth-order valence-electron chi connectivity index (χ4n) is 3.61. The van der Waals surface area contributed by atoms with Crippen molar-refractivity contribution in [3.8, 4) is 11.5 Å². The van der Waals surface area contributed by atoms with Gasteiger partial charge >= 0.3 is 12.1 Å². The molecule has 0 radical (unpaired) electrons. The molecule has 0 saturated heterocycles. The summed E-state index contributed by atoms with van der Waals surface area (Å²) in [6.45, 7) is 6.55. The number of amides is 1. The summed E-state index contributed by atoms with van der Waals surface area (Å²) in [6.07, 6.45) is 5.74. The number of nitrogens with one attached hydrogen (secondary N) is 1. The molecule has 0 saturated carbocycles. The standard InChI is InChI=1S/C25H27N3O5/c1-25(2,3)33-24(30)28-11-8-16(9-12-28)17-5-6-20(23(29)31-4)21(14-17)32-19-13-18-7-10-26-22(18)27-15-19/h5-8,10,13-15H,9,11-12H2,1-4H3,(H,26,27). The van der Waals surface area contributed by atoms with Crippen LogP contribution in [0, 0.1) is 0 Å². The van der Waals surface area contributed by atoms with Crippen LogP contribution < -0.4 is 4.74 Å². The molecule has 0 bridgehead atoms. The van der Waals surface area contributed by atoms with E-state index in [0.717, 1.165) is 22.2 Å². The summed E-state index contributed by atoms with van der Waals surface area (Å²) in [6, 6.07) is 9.13. The molecule has 0 spiro atoms. The van der Waals surface area contributed by atoms with Gasteiger partial charge in [0.1, 0.15) is 28.3 Å². The van der Waals surface area contributed by atoms with Gasteiger partial charge in [0.2, 0.25) is 0 Å². The number of carbonyl (C=O) groups is 2. The number of ether oxygens (including phenoxy) is 3. The van der Waals surface area contributed by atoms with Gasteiger partial charge in [-0.25, -0.2) is 14.6 Å². The smallest absolute Gasteiger partial charge is 0.410 e. The number of hydrogen-bond acceptors (Lipinski definition) is 6. The molecule has 1 aromatic carbocycles. The zero-order valence-corrected chi connectivity index (χ0v) is 19.2. The highest BCUT2D eigenvalue weighted by molar-refractivity contribution is 5.93. The first-order valence-corrected chi connectivity index (χ1v) is 10.7. The Morgan fingerprint density at radius 3 is 2.67 bits per heavy atom. The van der Waals surface area contributed by atoms with Crippen LogP contribution in [0.3, 0.4) is 0 Å². The number of benzene rings is 1. The minimum atomic E-state index is -0.532. The Balaban J connectivity index is 1.58. The van der Waals surface area contributed by atoms with Gasteiger partial charge in [-0.2, -0.15) is 0 Å². The number of pyridine rings is 1. The van der Waals surface area contributed by atoms with Crippen LogP contribution in [-0.4, -0.2) is 52.7 Å². The van der Waals surface area contributed by atoms with Gasteiger partial charge in [0.15, 0.2) is 0 Å². The first-order chi connectivity index (χ1) is 15.7. The molecule has 1 N–H and O–H groups in total. The van der Waals surface area contributed by atoms with Crippen molar-refractivity contribution in [3.63, 3.8) is 0 Å². The number of fused-ring (bicyclic) bond motifs is 1. The van der Waals surface area contributed by atoms with Gasteiger partial charge in [0.05, 0.1) is 13.3 Å². The largest absolute Gasteiger partial charge is 0.465 e. The summed E-state index contributed by atoms with van der Waals surface area (Å²) in [5.74, 6) is 0.408. The molecule has 8 nitrogen and oxygen atoms in total. The van der Waals surface area contributed by atoms with E-state index in [9.17, 15) is 9.59 Å². The summed E-state index contributed by atoms with van der Waals surface area (Å²) < 4.78 is 16.5. The molecule has 4 rings (SSSR count). The lowest BCUT2D eigenvalue weighted by Gasteiger charge is -2.29. The third-order valence-electron chi connectivity index (χ3n) is 5.22. The average Bonchev–Trinajstić information content (AvgIpc) is 3.25. The molecule has 172 valence electrons. The van der Waals surface area contributed by atoms with Gasteiger partial charge < -0.3 is 24.1 Å². The molecule has 1 aliphatic rings. The van der Waals surface area contributed by atoms with Gasteiger partial charge in [-0.3, -0.25) is 0 Å². The first kappa shape index (κ1) is 22.4. The van der Waals surface area contributed by atoms with E-state index in [1.807, 2.05) is 51.1 Å². The van der Waals surface area contributed by atoms with E-state index >= 15 is 0 Å². The molecule has 0 aliphatic carbocycles. The van der Waals surface area contributed by atoms with Crippen molar-refractivity contribution in [2.75, 3.05) is 20.2 Å². The second-order valence-electron chi connectivity index (χ2n) is 8.80. The Bertz CT molecular complexity index is 1220. The molecule has 0 unspecified atom stereocenters. The summed E-state index contributed by atoms with van der Waals surface area (Å²) in [7, 11) is 1.34. The number of hydrogen-bond donors (Lipinski definition) is 1. The second-order valence-corrected chi connectivity index (χ2v) is 8.80. The van der Waals surface area contributed by atoms with Crippen molar-refractivity contribution in [2.45, 2.75) is 32.8 Å². The predicted octanol–water partition coefficient (Wildman–Crippen LogP) is 5.17. The molecule has 1 amide bonds. The number of aromatic nitrogens is 2. The highest BCUT2D eigenvalue weighted by Crippen LogP contribution is 2.32. The Labute approximate surface area is 192 Å². The predicted molar refractivity (Wildman–Crippen MR) is 124 cm³/mol. The normalized spacial score (nSPS) is 14.1. The lowest BCUT2D eigenvalue weighted by atomic mass is 9.98. The number of aromatic amines is 1. The van der Waals surface area contributed by atoms with Crippen LogP contribution in [-0.2, 0) is 9.47 Å². The van der Waals surface area contributed by atoms with E-state index in [1.54, 1.807) is 23.4 Å². The van der Waals surface area contributed by atoms with Gasteiger partial charge in [0, 0.05) is 24.7 Å². The maximum atomic E-state index is 12.3. The first-order valence-electron chi connectivity index (χ1n) is 10.7. The van der Waals surface area contributed by atoms with Crippen molar-refractivity contribution in [1.29, 1.82) is 0 Å². The van der Waals surface area contributed by atoms with Crippen molar-refractivity contribution in [2.24, 2.45) is 0 Å². The molecule has 0 fully saturated rings. The minimum absolute atomic E-state index is 0.321. The number of rotatable bonds is 4. The average molecular weight is 450 g/mol. The highest BCUT2D eigenvalue weighted by Gasteiger charge is 2.24. The number of methoxy groups -OCH3 is 1. The summed E-state index contributed by atoms with van der Waals surface area (Å²) in [4.78, 5) is 33.7. The zero-order valence-electron chi connectivity index (χ0n) is 19.2. The fraction of sp³-hybridized carbons (Fsp3) is 0.320. The maximum absolute atomic E-state index is 12.3. The Hall–Kier alpha value is -3.81. The van der Waals surface area contributed by atoms with Crippen LogP contribution in [0.1, 0.15) is 43.1 Å². The number of nitrogens with zero attached hydrogens (tertiary/aromatic N) is 2. The molecule has 0 atom stereocenters. The number of carbonyl (C=O) groups excluding carboxylic acids is 2. The summed E-state index contributed by atoms with van der Waals surface area (Å²) in [5, 5.41) is 0.903. The Morgan fingerprint density at radius 1 is 1.15 bits per heavy atom.